The van der Waals surface area contributed by atoms with E-state index in [1.54, 1.807) is 41.1 Å². The molecule has 0 bridgehead atoms. The number of hydrogen-bond donors (Lipinski definition) is 1. The summed E-state index contributed by atoms with van der Waals surface area (Å²) in [7, 11) is 1.72. The molecule has 0 radical (unpaired) electrons. The van der Waals surface area contributed by atoms with E-state index >= 15 is 0 Å². The molecule has 1 aliphatic rings. The van der Waals surface area contributed by atoms with Crippen molar-refractivity contribution in [3.05, 3.63) is 48.0 Å². The first-order chi connectivity index (χ1) is 12.6. The second-order valence-electron chi connectivity index (χ2n) is 8.48. The van der Waals surface area contributed by atoms with Gasteiger partial charge < -0.3 is 14.9 Å². The number of carbonyl (C=O) groups is 2. The van der Waals surface area contributed by atoms with Crippen LogP contribution in [0.3, 0.4) is 0 Å². The molecule has 1 heterocycles. The van der Waals surface area contributed by atoms with Crippen molar-refractivity contribution in [2.45, 2.75) is 59.4 Å². The van der Waals surface area contributed by atoms with Crippen molar-refractivity contribution in [1.82, 2.24) is 9.80 Å². The highest BCUT2D eigenvalue weighted by molar-refractivity contribution is 6.00. The Balaban J connectivity index is 2.48. The minimum absolute atomic E-state index is 0.145. The topological polar surface area (TPSA) is 60.9 Å². The zero-order valence-electron chi connectivity index (χ0n) is 17.2. The Hall–Kier alpha value is -2.14. The summed E-state index contributed by atoms with van der Waals surface area (Å²) in [5.74, 6) is -0.581. The molecule has 5 nitrogen and oxygen atoms in total. The summed E-state index contributed by atoms with van der Waals surface area (Å²) in [6.45, 7) is 9.85. The van der Waals surface area contributed by atoms with Crippen molar-refractivity contribution in [1.29, 1.82) is 0 Å². The molecule has 27 heavy (non-hydrogen) atoms. The number of benzene rings is 1. The molecular formula is C22H32N2O3. The number of aliphatic hydroxyl groups excluding tert-OH is 1. The SMILES string of the molecule is C/C=C/C[C@@H](C)[C@H](O)[C@@H]1C(=O)N(C)[C@@H](C(C)(C)C)N1C(=O)c1ccccc1. The second kappa shape index (κ2) is 8.26. The van der Waals surface area contributed by atoms with Crippen molar-refractivity contribution < 1.29 is 14.7 Å². The van der Waals surface area contributed by atoms with Gasteiger partial charge in [-0.25, -0.2) is 0 Å². The van der Waals surface area contributed by atoms with Gasteiger partial charge in [-0.2, -0.15) is 0 Å². The normalized spacial score (nSPS) is 23.1. The van der Waals surface area contributed by atoms with E-state index < -0.39 is 18.3 Å². The monoisotopic (exact) mass is 372 g/mol. The standard InChI is InChI=1S/C22H32N2O3/c1-7-8-12-15(2)18(25)17-20(27)23(6)21(22(3,4)5)24(17)19(26)16-13-10-9-11-14-16/h7-11,13-15,17-18,21,25H,12H2,1-6H3/b8-7+/t15-,17-,18+,21-/m1/s1. The lowest BCUT2D eigenvalue weighted by Gasteiger charge is -2.40. The Kier molecular flexibility index (Phi) is 6.47. The highest BCUT2D eigenvalue weighted by Gasteiger charge is 2.54. The average Bonchev–Trinajstić information content (AvgIpc) is 2.90. The van der Waals surface area contributed by atoms with E-state index in [0.29, 0.717) is 12.0 Å². The number of likely N-dealkylation sites (N-methyl/N-ethyl adjacent to an activating group) is 1. The van der Waals surface area contributed by atoms with Gasteiger partial charge in [0, 0.05) is 18.0 Å². The smallest absolute Gasteiger partial charge is 0.256 e. The molecule has 148 valence electrons. The minimum atomic E-state index is -0.934. The molecule has 1 aromatic carbocycles. The van der Waals surface area contributed by atoms with Crippen LogP contribution >= 0.6 is 0 Å². The molecular weight excluding hydrogens is 340 g/mol. The summed E-state index contributed by atoms with van der Waals surface area (Å²) >= 11 is 0. The van der Waals surface area contributed by atoms with E-state index in [1.807, 2.05) is 52.8 Å². The quantitative estimate of drug-likeness (QED) is 0.807. The molecule has 1 aliphatic heterocycles. The van der Waals surface area contributed by atoms with Crippen LogP contribution < -0.4 is 0 Å². The van der Waals surface area contributed by atoms with Gasteiger partial charge in [-0.3, -0.25) is 9.59 Å². The molecule has 0 aromatic heterocycles. The van der Waals surface area contributed by atoms with Crippen molar-refractivity contribution >= 4 is 11.8 Å². The van der Waals surface area contributed by atoms with E-state index in [1.165, 1.54) is 0 Å². The third-order valence-electron chi connectivity index (χ3n) is 5.21. The largest absolute Gasteiger partial charge is 0.390 e. The van der Waals surface area contributed by atoms with E-state index in [2.05, 4.69) is 0 Å². The maximum atomic E-state index is 13.4. The Bertz CT molecular complexity index is 693. The van der Waals surface area contributed by atoms with Crippen LogP contribution in [-0.4, -0.2) is 52.1 Å². The molecule has 2 amide bonds. The lowest BCUT2D eigenvalue weighted by atomic mass is 9.89. The van der Waals surface area contributed by atoms with E-state index in [0.717, 1.165) is 0 Å². The predicted molar refractivity (Wildman–Crippen MR) is 107 cm³/mol. The van der Waals surface area contributed by atoms with Crippen LogP contribution in [0.4, 0.5) is 0 Å². The summed E-state index contributed by atoms with van der Waals surface area (Å²) in [5.41, 5.74) is 0.170. The van der Waals surface area contributed by atoms with Crippen molar-refractivity contribution in [2.24, 2.45) is 11.3 Å². The van der Waals surface area contributed by atoms with E-state index in [-0.39, 0.29) is 23.1 Å². The van der Waals surface area contributed by atoms with Crippen molar-refractivity contribution in [3.63, 3.8) is 0 Å². The fourth-order valence-corrected chi connectivity index (χ4v) is 3.86. The van der Waals surface area contributed by atoms with E-state index in [9.17, 15) is 14.7 Å². The Labute approximate surface area is 162 Å². The summed E-state index contributed by atoms with van der Waals surface area (Å²) in [5, 5.41) is 11.0. The first kappa shape index (κ1) is 21.2. The summed E-state index contributed by atoms with van der Waals surface area (Å²) in [4.78, 5) is 29.7. The summed E-state index contributed by atoms with van der Waals surface area (Å²) < 4.78 is 0. The minimum Gasteiger partial charge on any atom is -0.390 e. The number of amides is 2. The molecule has 2 rings (SSSR count). The van der Waals surface area contributed by atoms with Crippen LogP contribution in [0.2, 0.25) is 0 Å². The van der Waals surface area contributed by atoms with Crippen LogP contribution in [-0.2, 0) is 4.79 Å². The predicted octanol–water partition coefficient (Wildman–Crippen LogP) is 3.30. The maximum absolute atomic E-state index is 13.4. The lowest BCUT2D eigenvalue weighted by molar-refractivity contribution is -0.132. The fourth-order valence-electron chi connectivity index (χ4n) is 3.86. The molecule has 4 atom stereocenters. The van der Waals surface area contributed by atoms with Crippen molar-refractivity contribution in [3.8, 4) is 0 Å². The van der Waals surface area contributed by atoms with Gasteiger partial charge in [0.25, 0.3) is 5.91 Å². The number of hydrogen-bond acceptors (Lipinski definition) is 3. The molecule has 1 aromatic rings. The zero-order chi connectivity index (χ0) is 20.4. The molecule has 0 spiro atoms. The first-order valence-electron chi connectivity index (χ1n) is 9.54. The lowest BCUT2D eigenvalue weighted by Crippen LogP contribution is -2.54. The van der Waals surface area contributed by atoms with Gasteiger partial charge in [0.05, 0.1) is 6.10 Å². The van der Waals surface area contributed by atoms with Crippen LogP contribution in [0.25, 0.3) is 0 Å². The molecule has 0 unspecified atom stereocenters. The maximum Gasteiger partial charge on any atom is 0.256 e. The van der Waals surface area contributed by atoms with Gasteiger partial charge in [-0.1, -0.05) is 58.0 Å². The molecule has 0 aliphatic carbocycles. The van der Waals surface area contributed by atoms with Gasteiger partial charge >= 0.3 is 0 Å². The third kappa shape index (κ3) is 4.24. The van der Waals surface area contributed by atoms with Gasteiger partial charge in [-0.15, -0.1) is 0 Å². The molecule has 1 N–H and O–H groups in total. The fraction of sp³-hybridized carbons (Fsp3) is 0.545. The van der Waals surface area contributed by atoms with Gasteiger partial charge in [0.1, 0.15) is 12.2 Å². The molecule has 5 heteroatoms. The third-order valence-corrected chi connectivity index (χ3v) is 5.21. The summed E-state index contributed by atoms with van der Waals surface area (Å²) in [6, 6.07) is 8.08. The van der Waals surface area contributed by atoms with Gasteiger partial charge in [0.2, 0.25) is 5.91 Å². The van der Waals surface area contributed by atoms with Gasteiger partial charge in [0.15, 0.2) is 0 Å². The number of aliphatic hydroxyl groups is 1. The van der Waals surface area contributed by atoms with Crippen LogP contribution in [0.5, 0.6) is 0 Å². The number of carbonyl (C=O) groups excluding carboxylic acids is 2. The van der Waals surface area contributed by atoms with Crippen LogP contribution in [0.1, 0.15) is 51.4 Å². The Morgan fingerprint density at radius 2 is 1.85 bits per heavy atom. The van der Waals surface area contributed by atoms with Gasteiger partial charge in [-0.05, 0) is 31.4 Å². The Morgan fingerprint density at radius 1 is 1.26 bits per heavy atom. The second-order valence-corrected chi connectivity index (χ2v) is 8.48. The van der Waals surface area contributed by atoms with Crippen molar-refractivity contribution in [2.75, 3.05) is 7.05 Å². The van der Waals surface area contributed by atoms with E-state index in [4.69, 9.17) is 0 Å². The van der Waals surface area contributed by atoms with Crippen LogP contribution in [0, 0.1) is 11.3 Å². The summed E-state index contributed by atoms with van der Waals surface area (Å²) in [6.07, 6.45) is 3.19. The molecule has 0 saturated carbocycles. The van der Waals surface area contributed by atoms with Crippen LogP contribution in [0.15, 0.2) is 42.5 Å². The molecule has 1 fully saturated rings. The molecule has 1 saturated heterocycles. The zero-order valence-corrected chi connectivity index (χ0v) is 17.2. The highest BCUT2D eigenvalue weighted by Crippen LogP contribution is 2.37. The first-order valence-corrected chi connectivity index (χ1v) is 9.54. The average molecular weight is 373 g/mol. The number of nitrogens with zero attached hydrogens (tertiary/aromatic N) is 2. The highest BCUT2D eigenvalue weighted by atomic mass is 16.3. The number of rotatable bonds is 5. The Morgan fingerprint density at radius 3 is 2.37 bits per heavy atom. The number of allylic oxidation sites excluding steroid dienone is 2.